The molecule has 1 aromatic heterocycles. The normalized spacial score (nSPS) is 11.5. The summed E-state index contributed by atoms with van der Waals surface area (Å²) in [4.78, 5) is 51.5. The maximum Gasteiger partial charge on any atom is 0.278 e. The molecule has 3 aromatic carbocycles. The number of aliphatic imine (C=N–C) groups is 1. The third kappa shape index (κ3) is 8.43. The van der Waals surface area contributed by atoms with E-state index in [4.69, 9.17) is 32.9 Å². The maximum atomic E-state index is 14.3. The van der Waals surface area contributed by atoms with E-state index in [1.807, 2.05) is 32.9 Å². The number of carbonyl (C=O) groups is 2. The van der Waals surface area contributed by atoms with Gasteiger partial charge in [-0.2, -0.15) is 0 Å². The molecule has 0 spiro atoms. The molecule has 0 fully saturated rings. The van der Waals surface area contributed by atoms with Crippen molar-refractivity contribution in [2.75, 3.05) is 41.7 Å². The molecule has 0 bridgehead atoms. The maximum absolute atomic E-state index is 14.3. The minimum atomic E-state index is -2.99. The predicted molar refractivity (Wildman–Crippen MR) is 191 cm³/mol. The number of carbonyl (C=O) groups excluding carboxylic acids is 2. The number of nitrogens with zero attached hydrogens (tertiary/aromatic N) is 4. The molecule has 254 valence electrons. The quantitative estimate of drug-likeness (QED) is 0.114. The van der Waals surface area contributed by atoms with Crippen LogP contribution in [0.4, 0.5) is 22.7 Å². The van der Waals surface area contributed by atoms with E-state index in [1.54, 1.807) is 6.07 Å². The smallest absolute Gasteiger partial charge is 0.278 e. The number of fused-ring (bicyclic) bond motifs is 1. The largest absolute Gasteiger partial charge is 0.495 e. The lowest BCUT2D eigenvalue weighted by molar-refractivity contribution is -0.119. The van der Waals surface area contributed by atoms with Crippen LogP contribution in [0.15, 0.2) is 58.3 Å². The molecule has 4 aromatic rings. The first-order chi connectivity index (χ1) is 22.9. The fourth-order valence-electron chi connectivity index (χ4n) is 4.98. The monoisotopic (exact) mass is 715 g/mol. The van der Waals surface area contributed by atoms with Gasteiger partial charge in [-0.15, -0.1) is 0 Å². The third-order valence-corrected chi connectivity index (χ3v) is 8.50. The number of hydrogen-bond donors (Lipinski definition) is 4. The summed E-state index contributed by atoms with van der Waals surface area (Å²) < 4.78 is 31.6. The first kappa shape index (κ1) is 36.2. The van der Waals surface area contributed by atoms with Crippen molar-refractivity contribution in [1.29, 1.82) is 0 Å². The SMILES string of the molecule is CCN(CC)c1ccc(/N=C(\C(=O)Nc2cc(N[SH](=O)=O)ccc2OC)c2nc3cc(Cl)c(Cl)cc3c(=O)n2CCNC(C)=O)c(C)c1. The molecular formula is C32H35Cl2N7O6S. The number of benzene rings is 3. The number of thiol groups is 1. The molecule has 0 aliphatic carbocycles. The molecule has 3 N–H and O–H groups in total. The Morgan fingerprint density at radius 2 is 1.75 bits per heavy atom. The molecule has 0 unspecified atom stereocenters. The van der Waals surface area contributed by atoms with Crippen molar-refractivity contribution in [3.05, 3.63) is 80.3 Å². The van der Waals surface area contributed by atoms with Gasteiger partial charge in [-0.25, -0.2) is 18.4 Å². The van der Waals surface area contributed by atoms with Crippen LogP contribution >= 0.6 is 23.2 Å². The summed E-state index contributed by atoms with van der Waals surface area (Å²) in [5.41, 5.74) is 1.80. The van der Waals surface area contributed by atoms with E-state index in [1.165, 1.54) is 48.9 Å². The van der Waals surface area contributed by atoms with Crippen LogP contribution in [0.5, 0.6) is 5.75 Å². The Kier molecular flexibility index (Phi) is 12.0. The lowest BCUT2D eigenvalue weighted by Crippen LogP contribution is -2.36. The summed E-state index contributed by atoms with van der Waals surface area (Å²) in [6.45, 7) is 8.84. The van der Waals surface area contributed by atoms with Crippen LogP contribution in [0, 0.1) is 6.92 Å². The molecule has 0 aliphatic rings. The minimum absolute atomic E-state index is 0.0398. The first-order valence-electron chi connectivity index (χ1n) is 14.9. The number of aromatic nitrogens is 2. The number of nitrogens with one attached hydrogen (secondary N) is 3. The van der Waals surface area contributed by atoms with Crippen LogP contribution in [0.2, 0.25) is 10.0 Å². The second-order valence-corrected chi connectivity index (χ2v) is 12.1. The van der Waals surface area contributed by atoms with Gasteiger partial charge in [0.15, 0.2) is 11.5 Å². The van der Waals surface area contributed by atoms with Gasteiger partial charge in [-0.3, -0.25) is 23.7 Å². The van der Waals surface area contributed by atoms with Crippen molar-refractivity contribution in [1.82, 2.24) is 14.9 Å². The van der Waals surface area contributed by atoms with E-state index in [9.17, 15) is 22.8 Å². The highest BCUT2D eigenvalue weighted by Gasteiger charge is 2.25. The average molecular weight is 717 g/mol. The summed E-state index contributed by atoms with van der Waals surface area (Å²) in [7, 11) is -1.60. The Morgan fingerprint density at radius 3 is 2.38 bits per heavy atom. The minimum Gasteiger partial charge on any atom is -0.495 e. The summed E-state index contributed by atoms with van der Waals surface area (Å²) in [6.07, 6.45) is 0. The van der Waals surface area contributed by atoms with Crippen LogP contribution in [-0.2, 0) is 27.0 Å². The van der Waals surface area contributed by atoms with Crippen molar-refractivity contribution in [2.24, 2.45) is 4.99 Å². The molecule has 48 heavy (non-hydrogen) atoms. The van der Waals surface area contributed by atoms with E-state index >= 15 is 0 Å². The van der Waals surface area contributed by atoms with Crippen LogP contribution in [0.25, 0.3) is 10.9 Å². The van der Waals surface area contributed by atoms with Crippen molar-refractivity contribution in [3.63, 3.8) is 0 Å². The molecule has 0 atom stereocenters. The fraction of sp³-hybridized carbons (Fsp3) is 0.281. The van der Waals surface area contributed by atoms with E-state index in [0.717, 1.165) is 24.3 Å². The van der Waals surface area contributed by atoms with Crippen molar-refractivity contribution in [2.45, 2.75) is 34.2 Å². The van der Waals surface area contributed by atoms with Crippen LogP contribution in [0.3, 0.4) is 0 Å². The molecular weight excluding hydrogens is 681 g/mol. The Bertz CT molecular complexity index is 2040. The Hall–Kier alpha value is -4.66. The second kappa shape index (κ2) is 16.0. The average Bonchev–Trinajstić information content (AvgIpc) is 3.03. The summed E-state index contributed by atoms with van der Waals surface area (Å²) in [6, 6.07) is 12.7. The lowest BCUT2D eigenvalue weighted by Gasteiger charge is -2.22. The second-order valence-electron chi connectivity index (χ2n) is 10.5. The van der Waals surface area contributed by atoms with Gasteiger partial charge in [0.05, 0.1) is 45.1 Å². The molecule has 4 rings (SSSR count). The number of amides is 2. The summed E-state index contributed by atoms with van der Waals surface area (Å²) >= 11 is 12.5. The lowest BCUT2D eigenvalue weighted by atomic mass is 10.1. The van der Waals surface area contributed by atoms with Gasteiger partial charge < -0.3 is 20.3 Å². The van der Waals surface area contributed by atoms with Gasteiger partial charge in [0.2, 0.25) is 16.8 Å². The molecule has 16 heteroatoms. The zero-order valence-corrected chi connectivity index (χ0v) is 29.3. The summed E-state index contributed by atoms with van der Waals surface area (Å²) in [5.74, 6) is -0.991. The van der Waals surface area contributed by atoms with Crippen molar-refractivity contribution in [3.8, 4) is 5.75 Å². The number of halogens is 2. The van der Waals surface area contributed by atoms with E-state index in [-0.39, 0.29) is 68.6 Å². The number of aryl methyl sites for hydroxylation is 1. The van der Waals surface area contributed by atoms with Gasteiger partial charge >= 0.3 is 0 Å². The molecule has 0 saturated carbocycles. The third-order valence-electron chi connectivity index (χ3n) is 7.34. The van der Waals surface area contributed by atoms with Gasteiger partial charge in [-0.1, -0.05) is 23.2 Å². The highest BCUT2D eigenvalue weighted by Crippen LogP contribution is 2.30. The van der Waals surface area contributed by atoms with Crippen LogP contribution in [-0.4, -0.2) is 62.2 Å². The Labute approximate surface area is 289 Å². The van der Waals surface area contributed by atoms with Gasteiger partial charge in [-0.05, 0) is 74.9 Å². The highest BCUT2D eigenvalue weighted by atomic mass is 35.5. The number of anilines is 3. The zero-order valence-electron chi connectivity index (χ0n) is 26.9. The van der Waals surface area contributed by atoms with Gasteiger partial charge in [0.1, 0.15) is 5.75 Å². The Balaban J connectivity index is 1.98. The van der Waals surface area contributed by atoms with Gasteiger partial charge in [0, 0.05) is 38.8 Å². The number of methoxy groups -OCH3 is 1. The number of hydrogen-bond acceptors (Lipinski definition) is 9. The molecule has 0 saturated heterocycles. The van der Waals surface area contributed by atoms with E-state index in [0.29, 0.717) is 5.69 Å². The molecule has 0 radical (unpaired) electrons. The topological polar surface area (TPSA) is 164 Å². The molecule has 1 heterocycles. The number of rotatable bonds is 13. The Morgan fingerprint density at radius 1 is 1.04 bits per heavy atom. The van der Waals surface area contributed by atoms with E-state index < -0.39 is 22.4 Å². The highest BCUT2D eigenvalue weighted by molar-refractivity contribution is 7.73. The molecule has 0 aliphatic heterocycles. The van der Waals surface area contributed by atoms with Crippen molar-refractivity contribution >= 4 is 85.3 Å². The van der Waals surface area contributed by atoms with Crippen LogP contribution in [0.1, 0.15) is 32.2 Å². The zero-order chi connectivity index (χ0) is 35.1. The van der Waals surface area contributed by atoms with Gasteiger partial charge in [0.25, 0.3) is 11.5 Å². The summed E-state index contributed by atoms with van der Waals surface area (Å²) in [5, 5.41) is 5.82. The van der Waals surface area contributed by atoms with E-state index in [2.05, 4.69) is 25.2 Å². The molecule has 2 amide bonds. The van der Waals surface area contributed by atoms with Crippen molar-refractivity contribution < 1.29 is 22.7 Å². The first-order valence-corrected chi connectivity index (χ1v) is 16.8. The predicted octanol–water partition coefficient (Wildman–Crippen LogP) is 4.70. The van der Waals surface area contributed by atoms with Crippen LogP contribution < -0.4 is 30.6 Å². The fourth-order valence-corrected chi connectivity index (χ4v) is 5.66. The molecule has 13 nitrogen and oxygen atoms in total. The standard InChI is InChI=1S/C32H35Cl2N7O6S/c1-6-40(7-2)21-9-10-25(18(3)14-21)36-29(31(43)38-27-15-20(39-48(45)46)8-11-28(27)47-5)30-37-26-17-24(34)23(33)16-22(26)32(44)41(30)13-12-35-19(4)42/h8-11,14-17,48H,6-7,12-13H2,1-5H3,(H,35,42)(H,38,43)(H,39,45,46)/b36-29-. The number of ether oxygens (including phenoxy) is 1.